The summed E-state index contributed by atoms with van der Waals surface area (Å²) in [4.78, 5) is 6.31. The zero-order valence-electron chi connectivity index (χ0n) is 10.3. The van der Waals surface area contributed by atoms with Crippen molar-refractivity contribution in [3.63, 3.8) is 0 Å². The van der Waals surface area contributed by atoms with E-state index in [1.807, 2.05) is 25.7 Å². The van der Waals surface area contributed by atoms with Crippen LogP contribution in [0.15, 0.2) is 52.4 Å². The minimum absolute atomic E-state index is 0. The van der Waals surface area contributed by atoms with Gasteiger partial charge in [0.15, 0.2) is 0 Å². The lowest BCUT2D eigenvalue weighted by Crippen LogP contribution is -2.09. The number of anilines is 1. The predicted octanol–water partition coefficient (Wildman–Crippen LogP) is 4.60. The van der Waals surface area contributed by atoms with E-state index in [0.717, 1.165) is 5.56 Å². The van der Waals surface area contributed by atoms with Crippen molar-refractivity contribution in [2.45, 2.75) is 0 Å². The van der Waals surface area contributed by atoms with E-state index in [-0.39, 0.29) is 24.8 Å². The van der Waals surface area contributed by atoms with E-state index in [1.165, 1.54) is 16.8 Å². The van der Waals surface area contributed by atoms with Crippen molar-refractivity contribution in [3.05, 3.63) is 53.0 Å². The Morgan fingerprint density at radius 3 is 2.68 bits per heavy atom. The maximum atomic E-state index is 4.21. The Labute approximate surface area is 129 Å². The predicted molar refractivity (Wildman–Crippen MR) is 89.4 cm³/mol. The van der Waals surface area contributed by atoms with Gasteiger partial charge in [0.05, 0.1) is 0 Å². The SMILES string of the molecule is CN1C=CN=Cc2ccc(-c3ccsc3)cc21.Cl.Cl. The summed E-state index contributed by atoms with van der Waals surface area (Å²) >= 11 is 1.72. The number of aliphatic imine (C=N–C) groups is 1. The number of thiophene rings is 1. The molecule has 2 heterocycles. The first-order chi connectivity index (χ1) is 8.34. The van der Waals surface area contributed by atoms with Crippen LogP contribution in [0.4, 0.5) is 5.69 Å². The molecule has 0 N–H and O–H groups in total. The van der Waals surface area contributed by atoms with Crippen molar-refractivity contribution in [1.82, 2.24) is 0 Å². The Bertz CT molecular complexity index is 591. The maximum Gasteiger partial charge on any atom is 0.0499 e. The van der Waals surface area contributed by atoms with Crippen molar-refractivity contribution in [2.24, 2.45) is 4.99 Å². The zero-order chi connectivity index (χ0) is 11.7. The molecule has 0 bridgehead atoms. The van der Waals surface area contributed by atoms with Crippen LogP contribution in [0, 0.1) is 0 Å². The van der Waals surface area contributed by atoms with Gasteiger partial charge in [-0.1, -0.05) is 12.1 Å². The first kappa shape index (κ1) is 15.8. The molecule has 3 rings (SSSR count). The monoisotopic (exact) mass is 312 g/mol. The van der Waals surface area contributed by atoms with Crippen molar-refractivity contribution >= 4 is 48.1 Å². The Kier molecular flexibility index (Phi) is 5.60. The number of hydrogen-bond acceptors (Lipinski definition) is 3. The van der Waals surface area contributed by atoms with Crippen LogP contribution in [-0.2, 0) is 0 Å². The summed E-state index contributed by atoms with van der Waals surface area (Å²) in [5.74, 6) is 0. The highest BCUT2D eigenvalue weighted by atomic mass is 35.5. The average molecular weight is 313 g/mol. The third-order valence-electron chi connectivity index (χ3n) is 2.85. The summed E-state index contributed by atoms with van der Waals surface area (Å²) in [5, 5.41) is 4.27. The molecule has 0 amide bonds. The maximum absolute atomic E-state index is 4.21. The molecule has 0 spiro atoms. The topological polar surface area (TPSA) is 15.6 Å². The first-order valence-corrected chi connectivity index (χ1v) is 6.38. The first-order valence-electron chi connectivity index (χ1n) is 5.44. The van der Waals surface area contributed by atoms with Crippen LogP contribution in [0.5, 0.6) is 0 Å². The van der Waals surface area contributed by atoms with Gasteiger partial charge in [0.2, 0.25) is 0 Å². The molecule has 0 saturated heterocycles. The molecule has 0 atom stereocenters. The summed E-state index contributed by atoms with van der Waals surface area (Å²) in [6, 6.07) is 8.62. The van der Waals surface area contributed by atoms with Gasteiger partial charge in [0.1, 0.15) is 0 Å². The highest BCUT2D eigenvalue weighted by Gasteiger charge is 2.08. The van der Waals surface area contributed by atoms with Gasteiger partial charge in [-0.25, -0.2) is 0 Å². The van der Waals surface area contributed by atoms with Gasteiger partial charge in [0.25, 0.3) is 0 Å². The lowest BCUT2D eigenvalue weighted by molar-refractivity contribution is 1.20. The van der Waals surface area contributed by atoms with E-state index in [9.17, 15) is 0 Å². The fourth-order valence-electron chi connectivity index (χ4n) is 1.91. The number of rotatable bonds is 1. The number of hydrogen-bond donors (Lipinski definition) is 0. The molecule has 0 aliphatic carbocycles. The molecule has 0 radical (unpaired) electrons. The third kappa shape index (κ3) is 3.18. The largest absolute Gasteiger partial charge is 0.349 e. The lowest BCUT2D eigenvalue weighted by Gasteiger charge is -2.16. The third-order valence-corrected chi connectivity index (χ3v) is 3.54. The quantitative estimate of drug-likeness (QED) is 0.751. The van der Waals surface area contributed by atoms with Crippen LogP contribution >= 0.6 is 36.2 Å². The van der Waals surface area contributed by atoms with Crippen molar-refractivity contribution in [3.8, 4) is 11.1 Å². The molecule has 1 aliphatic rings. The molecule has 1 aliphatic heterocycles. The van der Waals surface area contributed by atoms with Crippen molar-refractivity contribution in [2.75, 3.05) is 11.9 Å². The van der Waals surface area contributed by atoms with Crippen molar-refractivity contribution < 1.29 is 0 Å². The molecule has 0 saturated carbocycles. The highest BCUT2D eigenvalue weighted by Crippen LogP contribution is 2.29. The molecule has 2 nitrogen and oxygen atoms in total. The lowest BCUT2D eigenvalue weighted by atomic mass is 10.0. The molecule has 5 heteroatoms. The van der Waals surface area contributed by atoms with Crippen LogP contribution in [0.3, 0.4) is 0 Å². The summed E-state index contributed by atoms with van der Waals surface area (Å²) in [7, 11) is 2.04. The van der Waals surface area contributed by atoms with Gasteiger partial charge >= 0.3 is 0 Å². The number of nitrogens with zero attached hydrogens (tertiary/aromatic N) is 2. The Morgan fingerprint density at radius 2 is 1.95 bits per heavy atom. The summed E-state index contributed by atoms with van der Waals surface area (Å²) < 4.78 is 0. The van der Waals surface area contributed by atoms with Gasteiger partial charge in [-0.2, -0.15) is 11.3 Å². The summed E-state index contributed by atoms with van der Waals surface area (Å²) in [6.07, 6.45) is 5.68. The van der Waals surface area contributed by atoms with E-state index in [4.69, 9.17) is 0 Å². The van der Waals surface area contributed by atoms with Crippen molar-refractivity contribution in [1.29, 1.82) is 0 Å². The normalized spacial score (nSPS) is 12.2. The molecule has 100 valence electrons. The number of halogens is 2. The molecular weight excluding hydrogens is 299 g/mol. The Morgan fingerprint density at radius 1 is 1.11 bits per heavy atom. The smallest absolute Gasteiger partial charge is 0.0499 e. The molecule has 19 heavy (non-hydrogen) atoms. The van der Waals surface area contributed by atoms with Crippen LogP contribution in [0.1, 0.15) is 5.56 Å². The summed E-state index contributed by atoms with van der Waals surface area (Å²) in [6.45, 7) is 0. The van der Waals surface area contributed by atoms with E-state index < -0.39 is 0 Å². The molecule has 0 unspecified atom stereocenters. The highest BCUT2D eigenvalue weighted by molar-refractivity contribution is 7.08. The second-order valence-electron chi connectivity index (χ2n) is 3.97. The minimum Gasteiger partial charge on any atom is -0.349 e. The zero-order valence-corrected chi connectivity index (χ0v) is 12.8. The van der Waals surface area contributed by atoms with E-state index >= 15 is 0 Å². The van der Waals surface area contributed by atoms with Crippen LogP contribution in [0.2, 0.25) is 0 Å². The fourth-order valence-corrected chi connectivity index (χ4v) is 2.57. The van der Waals surface area contributed by atoms with Crippen LogP contribution in [0.25, 0.3) is 11.1 Å². The van der Waals surface area contributed by atoms with Crippen LogP contribution in [-0.4, -0.2) is 13.3 Å². The van der Waals surface area contributed by atoms with E-state index in [1.54, 1.807) is 11.3 Å². The Hall–Kier alpha value is -1.29. The molecular formula is C14H14Cl2N2S. The summed E-state index contributed by atoms with van der Waals surface area (Å²) in [5.41, 5.74) is 4.86. The van der Waals surface area contributed by atoms with E-state index in [2.05, 4.69) is 44.9 Å². The fraction of sp³-hybridized carbons (Fsp3) is 0.0714. The Balaban J connectivity index is 0.000000902. The average Bonchev–Trinajstić information content (AvgIpc) is 2.82. The second kappa shape index (κ2) is 6.75. The molecule has 2 aromatic rings. The molecule has 1 aromatic heterocycles. The van der Waals surface area contributed by atoms with Gasteiger partial charge in [-0.05, 0) is 34.0 Å². The van der Waals surface area contributed by atoms with Gasteiger partial charge < -0.3 is 4.90 Å². The minimum atomic E-state index is 0. The van der Waals surface area contributed by atoms with Gasteiger partial charge in [-0.3, -0.25) is 4.99 Å². The molecule has 1 aromatic carbocycles. The standard InChI is InChI=1S/C14H12N2S.2ClH/c1-16-6-5-15-9-12-3-2-11(8-14(12)16)13-4-7-17-10-13;;/h2-10H,1H3;2*1H. The van der Waals surface area contributed by atoms with Gasteiger partial charge in [-0.15, -0.1) is 24.8 Å². The molecule has 0 fully saturated rings. The number of benzene rings is 1. The number of fused-ring (bicyclic) bond motifs is 1. The van der Waals surface area contributed by atoms with Crippen LogP contribution < -0.4 is 4.90 Å². The van der Waals surface area contributed by atoms with E-state index in [0.29, 0.717) is 0 Å². The second-order valence-corrected chi connectivity index (χ2v) is 4.75. The van der Waals surface area contributed by atoms with Gasteiger partial charge in [0, 0.05) is 36.9 Å².